The first kappa shape index (κ1) is 22.6. The summed E-state index contributed by atoms with van der Waals surface area (Å²) in [7, 11) is 0. The van der Waals surface area contributed by atoms with Crippen molar-refractivity contribution >= 4 is 17.8 Å². The lowest BCUT2D eigenvalue weighted by Gasteiger charge is -2.60. The van der Waals surface area contributed by atoms with Crippen LogP contribution in [0.1, 0.15) is 86.0 Å². The molecular formula is C25H40N2O4. The number of esters is 1. The van der Waals surface area contributed by atoms with Crippen LogP contribution in [0.4, 0.5) is 0 Å². The van der Waals surface area contributed by atoms with Gasteiger partial charge in [-0.25, -0.2) is 0 Å². The molecule has 174 valence electrons. The van der Waals surface area contributed by atoms with Crippen LogP contribution in [-0.4, -0.2) is 36.0 Å². The van der Waals surface area contributed by atoms with Gasteiger partial charge in [0.25, 0.3) is 0 Å². The molecule has 4 fully saturated rings. The summed E-state index contributed by atoms with van der Waals surface area (Å²) in [5, 5.41) is 6.28. The van der Waals surface area contributed by atoms with Crippen LogP contribution in [0.5, 0.6) is 0 Å². The highest BCUT2D eigenvalue weighted by Gasteiger charge is 2.63. The molecule has 2 amide bonds. The fourth-order valence-corrected chi connectivity index (χ4v) is 8.47. The third-order valence-electron chi connectivity index (χ3n) is 9.72. The van der Waals surface area contributed by atoms with Gasteiger partial charge >= 0.3 is 5.97 Å². The van der Waals surface area contributed by atoms with Crippen LogP contribution < -0.4 is 10.6 Å². The number of amides is 2. The normalized spacial score (nSPS) is 46.2. The lowest BCUT2D eigenvalue weighted by atomic mass is 9.45. The van der Waals surface area contributed by atoms with Gasteiger partial charge in [0.15, 0.2) is 0 Å². The Morgan fingerprint density at radius 2 is 1.48 bits per heavy atom. The van der Waals surface area contributed by atoms with Gasteiger partial charge in [0, 0.05) is 32.2 Å². The molecule has 0 aromatic rings. The number of carbonyl (C=O) groups is 3. The van der Waals surface area contributed by atoms with Crippen LogP contribution in [0.3, 0.4) is 0 Å². The lowest BCUT2D eigenvalue weighted by molar-refractivity contribution is -0.163. The van der Waals surface area contributed by atoms with Crippen LogP contribution in [0.25, 0.3) is 0 Å². The zero-order chi connectivity index (χ0) is 22.6. The molecule has 0 aliphatic heterocycles. The first-order valence-corrected chi connectivity index (χ1v) is 12.3. The van der Waals surface area contributed by atoms with Gasteiger partial charge in [0.1, 0.15) is 6.10 Å². The Hall–Kier alpha value is -1.59. The highest BCUT2D eigenvalue weighted by Crippen LogP contribution is 2.66. The molecule has 9 atom stereocenters. The number of hydrogen-bond acceptors (Lipinski definition) is 4. The molecule has 0 unspecified atom stereocenters. The lowest BCUT2D eigenvalue weighted by Crippen LogP contribution is -2.56. The Morgan fingerprint density at radius 1 is 0.806 bits per heavy atom. The van der Waals surface area contributed by atoms with E-state index in [2.05, 4.69) is 24.5 Å². The minimum atomic E-state index is -0.253. The zero-order valence-corrected chi connectivity index (χ0v) is 19.8. The molecule has 0 saturated heterocycles. The summed E-state index contributed by atoms with van der Waals surface area (Å²) in [6, 6.07) is 0.237. The van der Waals surface area contributed by atoms with Gasteiger partial charge in [0.05, 0.1) is 6.04 Å². The summed E-state index contributed by atoms with van der Waals surface area (Å²) in [6.07, 6.45) is 8.65. The number of nitrogens with one attached hydrogen (secondary N) is 2. The van der Waals surface area contributed by atoms with Crippen molar-refractivity contribution in [2.45, 2.75) is 104 Å². The van der Waals surface area contributed by atoms with E-state index >= 15 is 0 Å². The van der Waals surface area contributed by atoms with E-state index in [1.54, 1.807) is 13.8 Å². The van der Waals surface area contributed by atoms with Crippen molar-refractivity contribution in [1.29, 1.82) is 0 Å². The van der Waals surface area contributed by atoms with Crippen molar-refractivity contribution in [1.82, 2.24) is 10.6 Å². The smallest absolute Gasteiger partial charge is 0.302 e. The van der Waals surface area contributed by atoms with Gasteiger partial charge in [-0.2, -0.15) is 0 Å². The van der Waals surface area contributed by atoms with Gasteiger partial charge < -0.3 is 15.4 Å². The van der Waals surface area contributed by atoms with Gasteiger partial charge in [-0.05, 0) is 80.5 Å². The first-order valence-electron chi connectivity index (χ1n) is 12.3. The second-order valence-electron chi connectivity index (χ2n) is 11.4. The average molecular weight is 433 g/mol. The Kier molecular flexibility index (Phi) is 5.89. The topological polar surface area (TPSA) is 84.5 Å². The minimum Gasteiger partial charge on any atom is -0.460 e. The first-order chi connectivity index (χ1) is 14.5. The highest BCUT2D eigenvalue weighted by molar-refractivity contribution is 5.74. The molecule has 6 heteroatoms. The summed E-state index contributed by atoms with van der Waals surface area (Å²) in [5.41, 5.74) is 0.249. The monoisotopic (exact) mass is 432 g/mol. The SMILES string of the molecule is CC(=O)N[C@H]1CC[C@@]2(C)[C@H](CC[C@H]3[C@H]4C[C@@H](NC(C)=O)[C@H](OC(C)=O)[C@@]4(C)CC[C@@H]32)C1. The largest absolute Gasteiger partial charge is 0.460 e. The van der Waals surface area contributed by atoms with Crippen LogP contribution >= 0.6 is 0 Å². The van der Waals surface area contributed by atoms with Crippen molar-refractivity contribution in [3.8, 4) is 0 Å². The molecule has 0 aromatic carbocycles. The third kappa shape index (κ3) is 3.89. The van der Waals surface area contributed by atoms with Gasteiger partial charge in [-0.1, -0.05) is 13.8 Å². The predicted molar refractivity (Wildman–Crippen MR) is 118 cm³/mol. The molecule has 4 aliphatic carbocycles. The molecule has 4 aliphatic rings. The molecule has 0 heterocycles. The van der Waals surface area contributed by atoms with E-state index in [0.29, 0.717) is 35.1 Å². The van der Waals surface area contributed by atoms with Crippen molar-refractivity contribution in [2.75, 3.05) is 0 Å². The van der Waals surface area contributed by atoms with Crippen LogP contribution in [-0.2, 0) is 19.1 Å². The Morgan fingerprint density at radius 3 is 2.13 bits per heavy atom. The quantitative estimate of drug-likeness (QED) is 0.668. The Bertz CT molecular complexity index is 754. The number of hydrogen-bond donors (Lipinski definition) is 2. The standard InChI is InChI=1S/C25H40N2O4/c1-14(28)26-18-8-10-24(4)17(12-18)6-7-19-20(24)9-11-25(5)21(19)13-22(27-15(2)29)23(25)31-16(3)30/h17-23H,6-13H2,1-5H3,(H,26,28)(H,27,29)/t17-,18+,19-,20+,21-,22-,23+,24+,25+/m1/s1. The second-order valence-corrected chi connectivity index (χ2v) is 11.4. The summed E-state index contributed by atoms with van der Waals surface area (Å²) < 4.78 is 5.87. The van der Waals surface area contributed by atoms with E-state index in [9.17, 15) is 14.4 Å². The zero-order valence-electron chi connectivity index (χ0n) is 19.8. The van der Waals surface area contributed by atoms with E-state index in [-0.39, 0.29) is 35.3 Å². The van der Waals surface area contributed by atoms with Crippen LogP contribution in [0.2, 0.25) is 0 Å². The molecular weight excluding hydrogens is 392 g/mol. The highest BCUT2D eigenvalue weighted by atomic mass is 16.5. The van der Waals surface area contributed by atoms with Crippen molar-refractivity contribution in [3.63, 3.8) is 0 Å². The molecule has 31 heavy (non-hydrogen) atoms. The van der Waals surface area contributed by atoms with E-state index in [1.165, 1.54) is 32.6 Å². The summed E-state index contributed by atoms with van der Waals surface area (Å²) in [6.45, 7) is 9.46. The number of rotatable bonds is 3. The maximum Gasteiger partial charge on any atom is 0.302 e. The number of carbonyl (C=O) groups excluding carboxylic acids is 3. The van der Waals surface area contributed by atoms with Gasteiger partial charge in [-0.3, -0.25) is 14.4 Å². The molecule has 4 saturated carbocycles. The third-order valence-corrected chi connectivity index (χ3v) is 9.72. The van der Waals surface area contributed by atoms with E-state index in [4.69, 9.17) is 4.74 Å². The van der Waals surface area contributed by atoms with Gasteiger partial charge in [0.2, 0.25) is 11.8 Å². The fourth-order valence-electron chi connectivity index (χ4n) is 8.47. The molecule has 0 spiro atoms. The molecule has 2 N–H and O–H groups in total. The second kappa shape index (κ2) is 8.08. The minimum absolute atomic E-state index is 0.0482. The number of ether oxygens (including phenoxy) is 1. The predicted octanol–water partition coefficient (Wildman–Crippen LogP) is 3.58. The van der Waals surface area contributed by atoms with Crippen molar-refractivity contribution < 1.29 is 19.1 Å². The maximum atomic E-state index is 11.9. The average Bonchev–Trinajstić information content (AvgIpc) is 2.92. The van der Waals surface area contributed by atoms with Crippen LogP contribution in [0, 0.1) is 34.5 Å². The van der Waals surface area contributed by atoms with Crippen molar-refractivity contribution in [2.24, 2.45) is 34.5 Å². The van der Waals surface area contributed by atoms with E-state index in [1.807, 2.05) is 0 Å². The van der Waals surface area contributed by atoms with Gasteiger partial charge in [-0.15, -0.1) is 0 Å². The van der Waals surface area contributed by atoms with Crippen molar-refractivity contribution in [3.05, 3.63) is 0 Å². The number of fused-ring (bicyclic) bond motifs is 5. The molecule has 6 nitrogen and oxygen atoms in total. The summed E-state index contributed by atoms with van der Waals surface area (Å²) >= 11 is 0. The van der Waals surface area contributed by atoms with E-state index < -0.39 is 0 Å². The fraction of sp³-hybridized carbons (Fsp3) is 0.880. The molecule has 0 bridgehead atoms. The Balaban J connectivity index is 1.56. The van der Waals surface area contributed by atoms with E-state index in [0.717, 1.165) is 25.7 Å². The summed E-state index contributed by atoms with van der Waals surface area (Å²) in [5.74, 6) is 2.22. The Labute approximate surface area is 186 Å². The maximum absolute atomic E-state index is 11.9. The van der Waals surface area contributed by atoms with Crippen LogP contribution in [0.15, 0.2) is 0 Å². The molecule has 0 aromatic heterocycles. The summed E-state index contributed by atoms with van der Waals surface area (Å²) in [4.78, 5) is 35.4. The molecule has 4 rings (SSSR count). The molecule has 0 radical (unpaired) electrons.